The first-order valence-electron chi connectivity index (χ1n) is 8.12. The van der Waals surface area contributed by atoms with Crippen molar-refractivity contribution in [3.8, 4) is 0 Å². The highest BCUT2D eigenvalue weighted by Gasteiger charge is 2.34. The number of hydrogen-bond donors (Lipinski definition) is 3. The molecule has 0 heterocycles. The van der Waals surface area contributed by atoms with Crippen molar-refractivity contribution in [3.05, 3.63) is 29.8 Å². The molecule has 0 saturated heterocycles. The van der Waals surface area contributed by atoms with Crippen LogP contribution in [0.2, 0.25) is 0 Å². The summed E-state index contributed by atoms with van der Waals surface area (Å²) >= 11 is 0. The van der Waals surface area contributed by atoms with Crippen LogP contribution in [0, 0.1) is 11.8 Å². The predicted molar refractivity (Wildman–Crippen MR) is 90.8 cm³/mol. The maximum atomic E-state index is 12.4. The van der Waals surface area contributed by atoms with E-state index < -0.39 is 11.9 Å². The Morgan fingerprint density at radius 2 is 1.71 bits per heavy atom. The van der Waals surface area contributed by atoms with Crippen LogP contribution in [-0.4, -0.2) is 28.4 Å². The van der Waals surface area contributed by atoms with Gasteiger partial charge in [0.1, 0.15) is 0 Å². The van der Waals surface area contributed by atoms with Crippen LogP contribution in [0.5, 0.6) is 0 Å². The zero-order valence-corrected chi connectivity index (χ0v) is 14.3. The Kier molecular flexibility index (Phi) is 5.26. The minimum absolute atomic E-state index is 0.227. The largest absolute Gasteiger partial charge is 0.481 e. The lowest BCUT2D eigenvalue weighted by atomic mass is 10.0. The summed E-state index contributed by atoms with van der Waals surface area (Å²) in [6.07, 6.45) is 1.41. The average Bonchev–Trinajstić information content (AvgIpc) is 2.96. The van der Waals surface area contributed by atoms with Crippen molar-refractivity contribution in [3.63, 3.8) is 0 Å². The molecule has 130 valence electrons. The topological polar surface area (TPSA) is 95.5 Å². The summed E-state index contributed by atoms with van der Waals surface area (Å²) in [5.74, 6) is -2.12. The Balaban J connectivity index is 2.09. The van der Waals surface area contributed by atoms with Gasteiger partial charge in [0.25, 0.3) is 5.91 Å². The van der Waals surface area contributed by atoms with E-state index in [9.17, 15) is 14.4 Å². The van der Waals surface area contributed by atoms with E-state index in [1.54, 1.807) is 24.3 Å². The molecule has 0 radical (unpaired) electrons. The highest BCUT2D eigenvalue weighted by Crippen LogP contribution is 2.32. The maximum absolute atomic E-state index is 12.4. The SMILES string of the molecule is CC(C)(C)NC(=O)c1ccccc1NC(=O)[C@@H]1CC[C@H](C(=O)O)C1. The molecule has 0 aromatic heterocycles. The minimum Gasteiger partial charge on any atom is -0.481 e. The van der Waals surface area contributed by atoms with Gasteiger partial charge in [-0.15, -0.1) is 0 Å². The maximum Gasteiger partial charge on any atom is 0.306 e. The molecule has 0 spiro atoms. The van der Waals surface area contributed by atoms with Gasteiger partial charge in [0.15, 0.2) is 0 Å². The van der Waals surface area contributed by atoms with Crippen LogP contribution in [0.25, 0.3) is 0 Å². The van der Waals surface area contributed by atoms with E-state index in [0.29, 0.717) is 30.5 Å². The van der Waals surface area contributed by atoms with Gasteiger partial charge in [-0.1, -0.05) is 12.1 Å². The van der Waals surface area contributed by atoms with E-state index in [-0.39, 0.29) is 23.3 Å². The van der Waals surface area contributed by atoms with Crippen LogP contribution < -0.4 is 10.6 Å². The Morgan fingerprint density at radius 1 is 1.08 bits per heavy atom. The van der Waals surface area contributed by atoms with E-state index in [0.717, 1.165) is 0 Å². The third-order valence-corrected chi connectivity index (χ3v) is 4.07. The Bertz CT molecular complexity index is 649. The highest BCUT2D eigenvalue weighted by molar-refractivity contribution is 6.04. The van der Waals surface area contributed by atoms with Gasteiger partial charge in [-0.25, -0.2) is 0 Å². The second-order valence-electron chi connectivity index (χ2n) is 7.28. The van der Waals surface area contributed by atoms with E-state index >= 15 is 0 Å². The fourth-order valence-corrected chi connectivity index (χ4v) is 2.88. The molecule has 1 aliphatic rings. The lowest BCUT2D eigenvalue weighted by Crippen LogP contribution is -2.41. The molecule has 6 nitrogen and oxygen atoms in total. The smallest absolute Gasteiger partial charge is 0.306 e. The number of carbonyl (C=O) groups is 3. The van der Waals surface area contributed by atoms with Gasteiger partial charge in [0, 0.05) is 11.5 Å². The van der Waals surface area contributed by atoms with Crippen molar-refractivity contribution < 1.29 is 19.5 Å². The minimum atomic E-state index is -0.852. The molecule has 6 heteroatoms. The number of amides is 2. The first-order chi connectivity index (χ1) is 11.2. The molecule has 2 atom stereocenters. The number of rotatable bonds is 4. The van der Waals surface area contributed by atoms with Gasteiger partial charge < -0.3 is 15.7 Å². The fourth-order valence-electron chi connectivity index (χ4n) is 2.88. The Morgan fingerprint density at radius 3 is 2.29 bits per heavy atom. The number of anilines is 1. The molecule has 24 heavy (non-hydrogen) atoms. The fraction of sp³-hybridized carbons (Fsp3) is 0.500. The number of para-hydroxylation sites is 1. The summed E-state index contributed by atoms with van der Waals surface area (Å²) < 4.78 is 0. The number of carboxylic acids is 1. The van der Waals surface area contributed by atoms with E-state index in [4.69, 9.17) is 5.11 Å². The quantitative estimate of drug-likeness (QED) is 0.790. The highest BCUT2D eigenvalue weighted by atomic mass is 16.4. The van der Waals surface area contributed by atoms with Crippen molar-refractivity contribution in [1.82, 2.24) is 5.32 Å². The van der Waals surface area contributed by atoms with Gasteiger partial charge >= 0.3 is 5.97 Å². The molecule has 1 fully saturated rings. The predicted octanol–water partition coefficient (Wildman–Crippen LogP) is 2.65. The van der Waals surface area contributed by atoms with E-state index in [1.807, 2.05) is 20.8 Å². The second kappa shape index (κ2) is 7.03. The van der Waals surface area contributed by atoms with Crippen molar-refractivity contribution in [2.75, 3.05) is 5.32 Å². The van der Waals surface area contributed by atoms with Crippen LogP contribution in [-0.2, 0) is 9.59 Å². The second-order valence-corrected chi connectivity index (χ2v) is 7.28. The standard InChI is InChI=1S/C18H24N2O4/c1-18(2,3)20-16(22)13-6-4-5-7-14(13)19-15(21)11-8-9-12(10-11)17(23)24/h4-7,11-12H,8-10H2,1-3H3,(H,19,21)(H,20,22)(H,23,24)/t11-,12+/m1/s1. The van der Waals surface area contributed by atoms with Crippen molar-refractivity contribution in [2.24, 2.45) is 11.8 Å². The molecule has 0 unspecified atom stereocenters. The summed E-state index contributed by atoms with van der Waals surface area (Å²) in [5.41, 5.74) is 0.463. The monoisotopic (exact) mass is 332 g/mol. The summed E-state index contributed by atoms with van der Waals surface area (Å²) in [4.78, 5) is 35.8. The summed E-state index contributed by atoms with van der Waals surface area (Å²) in [6.45, 7) is 5.66. The molecule has 0 bridgehead atoms. The first-order valence-corrected chi connectivity index (χ1v) is 8.12. The zero-order valence-electron chi connectivity index (χ0n) is 14.3. The molecule has 1 aromatic carbocycles. The van der Waals surface area contributed by atoms with Crippen molar-refractivity contribution >= 4 is 23.5 Å². The van der Waals surface area contributed by atoms with Gasteiger partial charge in [0.2, 0.25) is 5.91 Å². The van der Waals surface area contributed by atoms with E-state index in [1.165, 1.54) is 0 Å². The van der Waals surface area contributed by atoms with E-state index in [2.05, 4.69) is 10.6 Å². The van der Waals surface area contributed by atoms with Crippen LogP contribution in [0.3, 0.4) is 0 Å². The van der Waals surface area contributed by atoms with Crippen LogP contribution >= 0.6 is 0 Å². The van der Waals surface area contributed by atoms with Crippen LogP contribution in [0.1, 0.15) is 50.4 Å². The molecule has 1 aromatic rings. The van der Waals surface area contributed by atoms with Crippen LogP contribution in [0.15, 0.2) is 24.3 Å². The number of carboxylic acid groups (broad SMARTS) is 1. The summed E-state index contributed by atoms with van der Waals surface area (Å²) in [6, 6.07) is 6.83. The van der Waals surface area contributed by atoms with Gasteiger partial charge in [-0.2, -0.15) is 0 Å². The normalized spacial score (nSPS) is 20.5. The van der Waals surface area contributed by atoms with Crippen molar-refractivity contribution in [2.45, 2.75) is 45.6 Å². The lowest BCUT2D eigenvalue weighted by molar-refractivity contribution is -0.141. The molecule has 1 aliphatic carbocycles. The average molecular weight is 332 g/mol. The number of hydrogen-bond acceptors (Lipinski definition) is 3. The molecule has 3 N–H and O–H groups in total. The molecule has 2 amide bonds. The lowest BCUT2D eigenvalue weighted by Gasteiger charge is -2.22. The third kappa shape index (κ3) is 4.57. The third-order valence-electron chi connectivity index (χ3n) is 4.07. The van der Waals surface area contributed by atoms with Gasteiger partial charge in [0.05, 0.1) is 17.2 Å². The van der Waals surface area contributed by atoms with Gasteiger partial charge in [-0.05, 0) is 52.2 Å². The summed E-state index contributed by atoms with van der Waals surface area (Å²) in [5, 5.41) is 14.7. The molecule has 2 rings (SSSR count). The molecular weight excluding hydrogens is 308 g/mol. The number of carbonyl (C=O) groups excluding carboxylic acids is 2. The molecule has 0 aliphatic heterocycles. The summed E-state index contributed by atoms with van der Waals surface area (Å²) in [7, 11) is 0. The van der Waals surface area contributed by atoms with Gasteiger partial charge in [-0.3, -0.25) is 14.4 Å². The Hall–Kier alpha value is -2.37. The zero-order chi connectivity index (χ0) is 17.9. The number of nitrogens with one attached hydrogen (secondary N) is 2. The van der Waals surface area contributed by atoms with Crippen LogP contribution in [0.4, 0.5) is 5.69 Å². The number of aliphatic carboxylic acids is 1. The Labute approximate surface area is 141 Å². The number of benzene rings is 1. The van der Waals surface area contributed by atoms with Crippen molar-refractivity contribution in [1.29, 1.82) is 0 Å². The molecule has 1 saturated carbocycles. The first kappa shape index (κ1) is 18.0. The molecular formula is C18H24N2O4.